The van der Waals surface area contributed by atoms with Gasteiger partial charge in [-0.1, -0.05) is 0 Å². The van der Waals surface area contributed by atoms with Crippen LogP contribution < -0.4 is 0 Å². The number of rotatable bonds is 0. The first-order chi connectivity index (χ1) is 5.27. The average molecular weight is 154 g/mol. The number of carbonyl (C=O) groups is 1. The summed E-state index contributed by atoms with van der Waals surface area (Å²) in [5.74, 6) is 0.761. The lowest BCUT2D eigenvalue weighted by atomic mass is 9.88. The average Bonchev–Trinajstić information content (AvgIpc) is 2.53. The maximum absolute atomic E-state index is 11.1. The number of carbonyl (C=O) groups excluding carboxylic acids is 1. The molecule has 60 valence electrons. The van der Waals surface area contributed by atoms with E-state index in [0.29, 0.717) is 11.8 Å². The number of esters is 1. The molecule has 1 N–H and O–H groups in total. The number of aliphatic hydroxyl groups excluding tert-OH is 1. The molecule has 3 fully saturated rings. The first-order valence-electron chi connectivity index (χ1n) is 4.16. The molecule has 3 aliphatic rings. The van der Waals surface area contributed by atoms with Crippen LogP contribution in [0.15, 0.2) is 0 Å². The fourth-order valence-corrected chi connectivity index (χ4v) is 2.92. The minimum Gasteiger partial charge on any atom is -0.459 e. The van der Waals surface area contributed by atoms with Crippen LogP contribution in [-0.2, 0) is 9.53 Å². The maximum Gasteiger partial charge on any atom is 0.309 e. The molecule has 0 aromatic heterocycles. The molecule has 0 radical (unpaired) electrons. The second-order valence-electron chi connectivity index (χ2n) is 3.89. The van der Waals surface area contributed by atoms with E-state index >= 15 is 0 Å². The van der Waals surface area contributed by atoms with Gasteiger partial charge in [-0.3, -0.25) is 4.79 Å². The number of ether oxygens (including phenoxy) is 1. The summed E-state index contributed by atoms with van der Waals surface area (Å²) in [6.45, 7) is 0. The van der Waals surface area contributed by atoms with Crippen molar-refractivity contribution in [2.45, 2.75) is 25.0 Å². The topological polar surface area (TPSA) is 46.5 Å². The molecule has 5 atom stereocenters. The largest absolute Gasteiger partial charge is 0.459 e. The van der Waals surface area contributed by atoms with Gasteiger partial charge in [0.25, 0.3) is 0 Å². The van der Waals surface area contributed by atoms with E-state index in [1.165, 1.54) is 0 Å². The van der Waals surface area contributed by atoms with Crippen LogP contribution in [-0.4, -0.2) is 23.3 Å². The molecular formula is C8H10O3. The molecule has 3 heteroatoms. The molecule has 2 aliphatic carbocycles. The highest BCUT2D eigenvalue weighted by atomic mass is 16.6. The third kappa shape index (κ3) is 0.527. The summed E-state index contributed by atoms with van der Waals surface area (Å²) in [5.41, 5.74) is 0. The second-order valence-corrected chi connectivity index (χ2v) is 3.89. The lowest BCUT2D eigenvalue weighted by Gasteiger charge is -2.19. The zero-order valence-corrected chi connectivity index (χ0v) is 6.06. The van der Waals surface area contributed by atoms with Crippen LogP contribution in [0, 0.1) is 17.8 Å². The lowest BCUT2D eigenvalue weighted by Crippen LogP contribution is -2.31. The summed E-state index contributed by atoms with van der Waals surface area (Å²) in [5, 5.41) is 9.55. The van der Waals surface area contributed by atoms with Crippen molar-refractivity contribution in [1.29, 1.82) is 0 Å². The van der Waals surface area contributed by atoms with Crippen LogP contribution in [0.4, 0.5) is 0 Å². The standard InChI is InChI=1S/C8H10O3/c9-6-3-1-4-5(2-3)8(10)11-7(4)6/h3-7,9H,1-2H2/t3-,4-,5+,6-,7-/m1/s1. The summed E-state index contributed by atoms with van der Waals surface area (Å²) < 4.78 is 5.06. The monoisotopic (exact) mass is 154 g/mol. The van der Waals surface area contributed by atoms with Crippen LogP contribution in [0.1, 0.15) is 12.8 Å². The first-order valence-corrected chi connectivity index (χ1v) is 4.16. The fraction of sp³-hybridized carbons (Fsp3) is 0.875. The normalized spacial score (nSPS) is 58.6. The SMILES string of the molecule is O=C1O[C@H]2[C@H](O)[C@@H]3C[C@@H]2[C@@H]1C3. The van der Waals surface area contributed by atoms with E-state index in [-0.39, 0.29) is 24.1 Å². The van der Waals surface area contributed by atoms with E-state index in [9.17, 15) is 9.90 Å². The minimum absolute atomic E-state index is 0.0703. The van der Waals surface area contributed by atoms with Gasteiger partial charge in [-0.2, -0.15) is 0 Å². The van der Waals surface area contributed by atoms with Crippen molar-refractivity contribution in [3.8, 4) is 0 Å². The van der Waals surface area contributed by atoms with Gasteiger partial charge >= 0.3 is 5.97 Å². The van der Waals surface area contributed by atoms with Crippen LogP contribution in [0.5, 0.6) is 0 Å². The Balaban J connectivity index is 2.04. The van der Waals surface area contributed by atoms with E-state index in [4.69, 9.17) is 4.74 Å². The van der Waals surface area contributed by atoms with Gasteiger partial charge in [0.2, 0.25) is 0 Å². The van der Waals surface area contributed by atoms with Gasteiger partial charge in [0.1, 0.15) is 6.10 Å². The van der Waals surface area contributed by atoms with Crippen molar-refractivity contribution in [1.82, 2.24) is 0 Å². The van der Waals surface area contributed by atoms with Crippen LogP contribution in [0.3, 0.4) is 0 Å². The van der Waals surface area contributed by atoms with Crippen molar-refractivity contribution in [3.63, 3.8) is 0 Å². The van der Waals surface area contributed by atoms with Crippen molar-refractivity contribution in [2.75, 3.05) is 0 Å². The van der Waals surface area contributed by atoms with Gasteiger partial charge in [0, 0.05) is 5.92 Å². The van der Waals surface area contributed by atoms with Crippen LogP contribution in [0.25, 0.3) is 0 Å². The fourth-order valence-electron chi connectivity index (χ4n) is 2.92. The Hall–Kier alpha value is -0.570. The van der Waals surface area contributed by atoms with Gasteiger partial charge in [0.15, 0.2) is 0 Å². The Kier molecular flexibility index (Phi) is 0.876. The quantitative estimate of drug-likeness (QED) is 0.497. The summed E-state index contributed by atoms with van der Waals surface area (Å²) in [7, 11) is 0. The number of hydrogen-bond acceptors (Lipinski definition) is 3. The smallest absolute Gasteiger partial charge is 0.309 e. The molecule has 3 nitrogen and oxygen atoms in total. The second kappa shape index (κ2) is 1.61. The van der Waals surface area contributed by atoms with Crippen molar-refractivity contribution in [2.24, 2.45) is 17.8 Å². The van der Waals surface area contributed by atoms with Gasteiger partial charge < -0.3 is 9.84 Å². The zero-order valence-electron chi connectivity index (χ0n) is 6.06. The summed E-state index contributed by atoms with van der Waals surface area (Å²) in [6.07, 6.45) is 1.36. The van der Waals surface area contributed by atoms with E-state index in [2.05, 4.69) is 0 Å². The first kappa shape index (κ1) is 6.00. The molecular weight excluding hydrogens is 144 g/mol. The minimum atomic E-state index is -0.359. The molecule has 1 aliphatic heterocycles. The van der Waals surface area contributed by atoms with Gasteiger partial charge in [0.05, 0.1) is 12.0 Å². The van der Waals surface area contributed by atoms with Gasteiger partial charge in [-0.05, 0) is 18.8 Å². The third-order valence-electron chi connectivity index (χ3n) is 3.44. The summed E-state index contributed by atoms with van der Waals surface area (Å²) >= 11 is 0. The van der Waals surface area contributed by atoms with Crippen LogP contribution >= 0.6 is 0 Å². The van der Waals surface area contributed by atoms with Gasteiger partial charge in [-0.25, -0.2) is 0 Å². The Labute approximate surface area is 64.3 Å². The molecule has 11 heavy (non-hydrogen) atoms. The Morgan fingerprint density at radius 3 is 2.91 bits per heavy atom. The third-order valence-corrected chi connectivity index (χ3v) is 3.44. The summed E-state index contributed by atoms with van der Waals surface area (Å²) in [6, 6.07) is 0. The van der Waals surface area contributed by atoms with E-state index in [1.807, 2.05) is 0 Å². The van der Waals surface area contributed by atoms with E-state index in [0.717, 1.165) is 12.8 Å². The highest BCUT2D eigenvalue weighted by molar-refractivity contribution is 5.76. The highest BCUT2D eigenvalue weighted by Gasteiger charge is 2.61. The Morgan fingerprint density at radius 2 is 2.27 bits per heavy atom. The Bertz CT molecular complexity index is 225. The molecule has 1 heterocycles. The predicted octanol–water partition coefficient (Wildman–Crippen LogP) is -0.0713. The molecule has 0 aromatic carbocycles. The molecule has 0 amide bonds. The van der Waals surface area contributed by atoms with Crippen molar-refractivity contribution < 1.29 is 14.6 Å². The van der Waals surface area contributed by atoms with E-state index < -0.39 is 0 Å². The molecule has 2 bridgehead atoms. The Morgan fingerprint density at radius 1 is 1.45 bits per heavy atom. The number of aliphatic hydroxyl groups is 1. The molecule has 1 saturated heterocycles. The number of hydrogen-bond donors (Lipinski definition) is 1. The van der Waals surface area contributed by atoms with Crippen molar-refractivity contribution >= 4 is 5.97 Å². The summed E-state index contributed by atoms with van der Waals surface area (Å²) in [4.78, 5) is 11.1. The predicted molar refractivity (Wildman–Crippen MR) is 35.6 cm³/mol. The maximum atomic E-state index is 11.1. The molecule has 0 spiro atoms. The number of fused-ring (bicyclic) bond motifs is 1. The highest BCUT2D eigenvalue weighted by Crippen LogP contribution is 2.54. The molecule has 3 rings (SSSR count). The zero-order chi connectivity index (χ0) is 7.59. The lowest BCUT2D eigenvalue weighted by molar-refractivity contribution is -0.145. The van der Waals surface area contributed by atoms with Gasteiger partial charge in [-0.15, -0.1) is 0 Å². The van der Waals surface area contributed by atoms with Crippen LogP contribution in [0.2, 0.25) is 0 Å². The molecule has 0 aromatic rings. The molecule has 0 unspecified atom stereocenters. The van der Waals surface area contributed by atoms with E-state index in [1.54, 1.807) is 0 Å². The molecule has 2 saturated carbocycles. The van der Waals surface area contributed by atoms with Crippen molar-refractivity contribution in [3.05, 3.63) is 0 Å².